The number of hydrogen-bond donors (Lipinski definition) is 9. The minimum absolute atomic E-state index is 0.670. The van der Waals surface area contributed by atoms with Gasteiger partial charge in [0.2, 0.25) is 0 Å². The van der Waals surface area contributed by atoms with Crippen LogP contribution < -0.4 is 43.4 Å². The van der Waals surface area contributed by atoms with Gasteiger partial charge in [0.05, 0.1) is 0 Å². The Kier molecular flexibility index (Phi) is 26.4. The maximum absolute atomic E-state index is 8.33. The molecule has 0 amide bonds. The third kappa shape index (κ3) is 23.1. The lowest BCUT2D eigenvalue weighted by Gasteiger charge is -2.25. The molecular formula is C24H58N10. The molecule has 11 N–H and O–H groups in total. The van der Waals surface area contributed by atoms with Gasteiger partial charge in [-0.05, 0) is 71.8 Å². The molecule has 10 nitrogen and oxygen atoms in total. The van der Waals surface area contributed by atoms with Crippen LogP contribution in [-0.4, -0.2) is 123 Å². The zero-order valence-corrected chi connectivity index (χ0v) is 22.3. The van der Waals surface area contributed by atoms with Crippen molar-refractivity contribution >= 4 is 5.71 Å². The molecule has 0 fully saturated rings. The second-order valence-electron chi connectivity index (χ2n) is 8.96. The van der Waals surface area contributed by atoms with Crippen LogP contribution in [0.3, 0.4) is 0 Å². The third-order valence-electron chi connectivity index (χ3n) is 5.99. The lowest BCUT2D eigenvalue weighted by atomic mass is 9.96. The first kappa shape index (κ1) is 33.3. The van der Waals surface area contributed by atoms with E-state index in [0.29, 0.717) is 19.0 Å². The Hall–Kier alpha value is -0.690. The lowest BCUT2D eigenvalue weighted by Crippen LogP contribution is -2.35. The van der Waals surface area contributed by atoms with Gasteiger partial charge in [-0.25, -0.2) is 0 Å². The molecule has 34 heavy (non-hydrogen) atoms. The average molecular weight is 487 g/mol. The maximum Gasteiger partial charge on any atom is 0.0114 e. The summed E-state index contributed by atoms with van der Waals surface area (Å²) in [6.45, 7) is 14.0. The molecule has 0 aromatic heterocycles. The van der Waals surface area contributed by atoms with Crippen molar-refractivity contribution in [3.05, 3.63) is 0 Å². The lowest BCUT2D eigenvalue weighted by molar-refractivity contribution is 0.253. The van der Waals surface area contributed by atoms with Crippen molar-refractivity contribution in [3.63, 3.8) is 0 Å². The summed E-state index contributed by atoms with van der Waals surface area (Å²) in [5, 5.41) is 28.4. The van der Waals surface area contributed by atoms with Crippen molar-refractivity contribution < 1.29 is 0 Å². The highest BCUT2D eigenvalue weighted by atomic mass is 15.1. The van der Waals surface area contributed by atoms with E-state index in [-0.39, 0.29) is 0 Å². The molecule has 0 aromatic carbocycles. The predicted molar refractivity (Wildman–Crippen MR) is 148 cm³/mol. The molecule has 0 aliphatic carbocycles. The number of nitrogens with one attached hydrogen (secondary N) is 7. The van der Waals surface area contributed by atoms with Gasteiger partial charge in [-0.1, -0.05) is 0 Å². The van der Waals surface area contributed by atoms with Crippen molar-refractivity contribution in [1.82, 2.24) is 36.8 Å². The Balaban J connectivity index is 4.18. The van der Waals surface area contributed by atoms with Crippen LogP contribution in [0.2, 0.25) is 0 Å². The van der Waals surface area contributed by atoms with E-state index < -0.39 is 0 Å². The van der Waals surface area contributed by atoms with Crippen molar-refractivity contribution in [2.24, 2.45) is 17.4 Å². The first-order valence-electron chi connectivity index (χ1n) is 13.5. The summed E-state index contributed by atoms with van der Waals surface area (Å²) < 4.78 is 0. The average Bonchev–Trinajstić information content (AvgIpc) is 2.84. The molecule has 0 rings (SSSR count). The minimum atomic E-state index is 0.670. The van der Waals surface area contributed by atoms with Crippen LogP contribution in [0.5, 0.6) is 0 Å². The van der Waals surface area contributed by atoms with E-state index in [4.69, 9.17) is 16.9 Å². The molecule has 0 heterocycles. The number of likely N-dealkylation sites (N-methyl/N-ethyl adjacent to an activating group) is 2. The molecule has 1 unspecified atom stereocenters. The van der Waals surface area contributed by atoms with Crippen LogP contribution in [0.4, 0.5) is 0 Å². The molecule has 1 atom stereocenters. The molecule has 0 spiro atoms. The van der Waals surface area contributed by atoms with E-state index in [1.165, 1.54) is 19.3 Å². The molecule has 10 heteroatoms. The highest BCUT2D eigenvalue weighted by Gasteiger charge is 2.12. The van der Waals surface area contributed by atoms with Crippen LogP contribution >= 0.6 is 0 Å². The van der Waals surface area contributed by atoms with Gasteiger partial charge in [0.25, 0.3) is 0 Å². The summed E-state index contributed by atoms with van der Waals surface area (Å²) in [5.74, 6) is 0.679. The van der Waals surface area contributed by atoms with Crippen LogP contribution in [0.1, 0.15) is 32.1 Å². The fourth-order valence-electron chi connectivity index (χ4n) is 3.79. The molecule has 0 saturated heterocycles. The topological polar surface area (TPSA) is 151 Å². The highest BCUT2D eigenvalue weighted by molar-refractivity contribution is 5.81. The third-order valence-corrected chi connectivity index (χ3v) is 5.99. The highest BCUT2D eigenvalue weighted by Crippen LogP contribution is 2.14. The molecule has 0 bridgehead atoms. The molecule has 0 aliphatic rings. The maximum atomic E-state index is 8.33. The van der Waals surface area contributed by atoms with Gasteiger partial charge >= 0.3 is 0 Å². The van der Waals surface area contributed by atoms with E-state index in [2.05, 4.69) is 36.8 Å². The zero-order chi connectivity index (χ0) is 25.1. The Morgan fingerprint density at radius 1 is 0.618 bits per heavy atom. The Bertz CT molecular complexity index is 425. The van der Waals surface area contributed by atoms with E-state index >= 15 is 0 Å². The van der Waals surface area contributed by atoms with Crippen LogP contribution in [0, 0.1) is 11.3 Å². The summed E-state index contributed by atoms with van der Waals surface area (Å²) in [6.07, 6.45) is 5.19. The Labute approximate surface area is 210 Å². The standard InChI is InChI=1S/C24H58N10/c1-28-14-16-31-11-4-23(3-10-30-13-8-25)6-20-34(22-9-26)21-7-24(27)5-12-32-18-19-33-17-15-29-2/h23,27-33H,3-22,25-26H2,1-2H3. The van der Waals surface area contributed by atoms with Crippen molar-refractivity contribution in [2.45, 2.75) is 32.1 Å². The van der Waals surface area contributed by atoms with Gasteiger partial charge in [-0.3, -0.25) is 0 Å². The van der Waals surface area contributed by atoms with Crippen molar-refractivity contribution in [3.8, 4) is 0 Å². The minimum Gasteiger partial charge on any atom is -0.329 e. The first-order chi connectivity index (χ1) is 16.7. The summed E-state index contributed by atoms with van der Waals surface area (Å²) in [6, 6.07) is 0. The van der Waals surface area contributed by atoms with Gasteiger partial charge in [0, 0.05) is 84.2 Å². The SMILES string of the molecule is CNCCNCCNCCC(=N)CCN(CCN)CCC(CCNCCN)CCNCCNC. The fourth-order valence-corrected chi connectivity index (χ4v) is 3.79. The van der Waals surface area contributed by atoms with Gasteiger partial charge in [-0.2, -0.15) is 0 Å². The quantitative estimate of drug-likeness (QED) is 0.0480. The zero-order valence-electron chi connectivity index (χ0n) is 22.3. The monoisotopic (exact) mass is 486 g/mol. The molecule has 0 aromatic rings. The fraction of sp³-hybridized carbons (Fsp3) is 0.958. The molecule has 0 radical (unpaired) electrons. The van der Waals surface area contributed by atoms with E-state index in [1.807, 2.05) is 14.1 Å². The van der Waals surface area contributed by atoms with Crippen LogP contribution in [0.25, 0.3) is 0 Å². The van der Waals surface area contributed by atoms with Crippen molar-refractivity contribution in [1.29, 1.82) is 5.41 Å². The van der Waals surface area contributed by atoms with Gasteiger partial charge in [-0.15, -0.1) is 0 Å². The number of nitrogens with two attached hydrogens (primary N) is 2. The van der Waals surface area contributed by atoms with E-state index in [1.54, 1.807) is 0 Å². The number of hydrogen-bond acceptors (Lipinski definition) is 10. The second-order valence-corrected chi connectivity index (χ2v) is 8.96. The first-order valence-corrected chi connectivity index (χ1v) is 13.5. The predicted octanol–water partition coefficient (Wildman–Crippen LogP) is -1.41. The smallest absolute Gasteiger partial charge is 0.0114 e. The van der Waals surface area contributed by atoms with E-state index in [0.717, 1.165) is 104 Å². The van der Waals surface area contributed by atoms with Crippen LogP contribution in [0.15, 0.2) is 0 Å². The molecule has 0 saturated carbocycles. The van der Waals surface area contributed by atoms with Crippen molar-refractivity contribution in [2.75, 3.05) is 112 Å². The summed E-state index contributed by atoms with van der Waals surface area (Å²) in [4.78, 5) is 2.45. The van der Waals surface area contributed by atoms with E-state index in [9.17, 15) is 0 Å². The second kappa shape index (κ2) is 26.9. The van der Waals surface area contributed by atoms with Crippen LogP contribution in [-0.2, 0) is 0 Å². The number of rotatable bonds is 28. The summed E-state index contributed by atoms with van der Waals surface area (Å²) >= 11 is 0. The van der Waals surface area contributed by atoms with Gasteiger partial charge < -0.3 is 53.7 Å². The summed E-state index contributed by atoms with van der Waals surface area (Å²) in [5.41, 5.74) is 12.3. The molecule has 204 valence electrons. The van der Waals surface area contributed by atoms with Gasteiger partial charge in [0.1, 0.15) is 0 Å². The Morgan fingerprint density at radius 3 is 1.76 bits per heavy atom. The summed E-state index contributed by atoms with van der Waals surface area (Å²) in [7, 11) is 3.95. The number of nitrogens with zero attached hydrogens (tertiary/aromatic N) is 1. The molecule has 0 aliphatic heterocycles. The normalized spacial score (nSPS) is 12.5. The Morgan fingerprint density at radius 2 is 1.18 bits per heavy atom. The largest absolute Gasteiger partial charge is 0.329 e. The molecular weight excluding hydrogens is 428 g/mol. The van der Waals surface area contributed by atoms with Gasteiger partial charge in [0.15, 0.2) is 0 Å².